The van der Waals surface area contributed by atoms with E-state index in [9.17, 15) is 0 Å². The Morgan fingerprint density at radius 2 is 2.11 bits per heavy atom. The molecule has 0 saturated heterocycles. The molecule has 2 N–H and O–H groups in total. The molecule has 2 aromatic rings. The van der Waals surface area contributed by atoms with E-state index in [2.05, 4.69) is 36.3 Å². The molecule has 0 unspecified atom stereocenters. The van der Waals surface area contributed by atoms with Gasteiger partial charge in [-0.15, -0.1) is 12.4 Å². The van der Waals surface area contributed by atoms with Crippen LogP contribution in [-0.4, -0.2) is 10.2 Å². The van der Waals surface area contributed by atoms with Crippen molar-refractivity contribution >= 4 is 12.4 Å². The summed E-state index contributed by atoms with van der Waals surface area (Å²) in [5.74, 6) is 0. The lowest BCUT2D eigenvalue weighted by molar-refractivity contribution is 0.549. The van der Waals surface area contributed by atoms with Gasteiger partial charge in [0, 0.05) is 35.3 Å². The van der Waals surface area contributed by atoms with Gasteiger partial charge >= 0.3 is 0 Å². The molecule has 0 saturated carbocycles. The Hall–Kier alpha value is -1.26. The monoisotopic (exact) mass is 269 g/mol. The number of rotatable bonds is 4. The second-order valence-electron chi connectivity index (χ2n) is 5.26. The molecular weight excluding hydrogens is 250 g/mol. The summed E-state index contributed by atoms with van der Waals surface area (Å²) < 4.78 is 5.02. The molecule has 0 aliphatic heterocycles. The van der Waals surface area contributed by atoms with E-state index in [1.165, 1.54) is 11.3 Å². The van der Waals surface area contributed by atoms with E-state index in [0.717, 1.165) is 18.7 Å². The smallest absolute Gasteiger partial charge is 0.0947 e. The van der Waals surface area contributed by atoms with Crippen LogP contribution in [0.3, 0.4) is 0 Å². The second-order valence-corrected chi connectivity index (χ2v) is 5.26. The van der Waals surface area contributed by atoms with Crippen LogP contribution in [0.4, 0.5) is 0 Å². The van der Waals surface area contributed by atoms with Crippen molar-refractivity contribution in [2.24, 2.45) is 0 Å². The maximum absolute atomic E-state index is 5.02. The molecular formula is C13H20ClN3O. The lowest BCUT2D eigenvalue weighted by Crippen LogP contribution is -2.18. The number of hydrogen-bond acceptors (Lipinski definition) is 3. The minimum Gasteiger partial charge on any atom is -0.472 e. The van der Waals surface area contributed by atoms with Gasteiger partial charge in [0.1, 0.15) is 0 Å². The van der Waals surface area contributed by atoms with Crippen LogP contribution in [0.2, 0.25) is 0 Å². The van der Waals surface area contributed by atoms with Crippen LogP contribution in [0.5, 0.6) is 0 Å². The van der Waals surface area contributed by atoms with E-state index < -0.39 is 0 Å². The number of aromatic nitrogens is 2. The van der Waals surface area contributed by atoms with E-state index in [1.807, 2.05) is 12.3 Å². The molecule has 0 aliphatic rings. The number of H-pyrrole nitrogens is 1. The molecule has 0 bridgehead atoms. The van der Waals surface area contributed by atoms with Gasteiger partial charge in [0.15, 0.2) is 0 Å². The third-order valence-corrected chi connectivity index (χ3v) is 2.69. The highest BCUT2D eigenvalue weighted by molar-refractivity contribution is 5.85. The molecule has 4 nitrogen and oxygen atoms in total. The molecule has 0 spiro atoms. The summed E-state index contributed by atoms with van der Waals surface area (Å²) in [6.07, 6.45) is 5.34. The van der Waals surface area contributed by atoms with Crippen LogP contribution in [0.15, 0.2) is 29.2 Å². The van der Waals surface area contributed by atoms with Crippen molar-refractivity contribution in [2.45, 2.75) is 39.3 Å². The summed E-state index contributed by atoms with van der Waals surface area (Å²) in [6.45, 7) is 8.17. The molecule has 0 amide bonds. The van der Waals surface area contributed by atoms with Gasteiger partial charge in [-0.2, -0.15) is 5.10 Å². The normalized spacial score (nSPS) is 11.3. The van der Waals surface area contributed by atoms with Crippen LogP contribution in [0, 0.1) is 0 Å². The van der Waals surface area contributed by atoms with Crippen molar-refractivity contribution in [1.82, 2.24) is 15.5 Å². The maximum atomic E-state index is 5.02. The van der Waals surface area contributed by atoms with Gasteiger partial charge < -0.3 is 9.73 Å². The van der Waals surface area contributed by atoms with Crippen molar-refractivity contribution in [3.05, 3.63) is 41.6 Å². The quantitative estimate of drug-likeness (QED) is 0.897. The Balaban J connectivity index is 0.00000162. The van der Waals surface area contributed by atoms with Crippen molar-refractivity contribution in [1.29, 1.82) is 0 Å². The summed E-state index contributed by atoms with van der Waals surface area (Å²) in [4.78, 5) is 0. The van der Waals surface area contributed by atoms with E-state index in [1.54, 1.807) is 12.5 Å². The zero-order valence-electron chi connectivity index (χ0n) is 11.0. The second kappa shape index (κ2) is 6.07. The van der Waals surface area contributed by atoms with Crippen LogP contribution < -0.4 is 5.32 Å². The van der Waals surface area contributed by atoms with Crippen molar-refractivity contribution in [3.8, 4) is 0 Å². The Morgan fingerprint density at radius 1 is 1.33 bits per heavy atom. The Bertz CT molecular complexity index is 457. The zero-order valence-corrected chi connectivity index (χ0v) is 11.8. The van der Waals surface area contributed by atoms with Crippen LogP contribution in [0.1, 0.15) is 37.6 Å². The predicted octanol–water partition coefficient (Wildman–Crippen LogP) is 3.01. The molecule has 18 heavy (non-hydrogen) atoms. The molecule has 2 aromatic heterocycles. The van der Waals surface area contributed by atoms with Crippen molar-refractivity contribution in [2.75, 3.05) is 0 Å². The van der Waals surface area contributed by atoms with Gasteiger partial charge in [-0.05, 0) is 6.07 Å². The topological polar surface area (TPSA) is 53.9 Å². The standard InChI is InChI=1S/C13H19N3O.ClH/c1-13(2,3)12-11(8-15-16-12)7-14-6-10-4-5-17-9-10;/h4-5,8-9,14H,6-7H2,1-3H3,(H,15,16);1H. The first-order valence-corrected chi connectivity index (χ1v) is 5.82. The minimum absolute atomic E-state index is 0. The molecule has 5 heteroatoms. The average molecular weight is 270 g/mol. The molecule has 0 aliphatic carbocycles. The Kier molecular flexibility index (Phi) is 4.99. The largest absolute Gasteiger partial charge is 0.472 e. The summed E-state index contributed by atoms with van der Waals surface area (Å²) in [7, 11) is 0. The third-order valence-electron chi connectivity index (χ3n) is 2.69. The summed E-state index contributed by atoms with van der Waals surface area (Å²) in [5.41, 5.74) is 3.67. The highest BCUT2D eigenvalue weighted by Gasteiger charge is 2.19. The maximum Gasteiger partial charge on any atom is 0.0947 e. The fraction of sp³-hybridized carbons (Fsp3) is 0.462. The number of halogens is 1. The molecule has 0 atom stereocenters. The fourth-order valence-corrected chi connectivity index (χ4v) is 1.83. The molecule has 2 rings (SSSR count). The average Bonchev–Trinajstić information content (AvgIpc) is 2.86. The van der Waals surface area contributed by atoms with Crippen LogP contribution >= 0.6 is 12.4 Å². The van der Waals surface area contributed by atoms with E-state index in [-0.39, 0.29) is 17.8 Å². The Labute approximate surface area is 114 Å². The number of nitrogens with zero attached hydrogens (tertiary/aromatic N) is 1. The summed E-state index contributed by atoms with van der Waals surface area (Å²) >= 11 is 0. The van der Waals surface area contributed by atoms with E-state index in [0.29, 0.717) is 0 Å². The molecule has 0 aromatic carbocycles. The van der Waals surface area contributed by atoms with Gasteiger partial charge in [-0.1, -0.05) is 20.8 Å². The number of aromatic amines is 1. The first-order valence-electron chi connectivity index (χ1n) is 5.82. The van der Waals surface area contributed by atoms with Gasteiger partial charge in [0.05, 0.1) is 18.7 Å². The van der Waals surface area contributed by atoms with Crippen molar-refractivity contribution in [3.63, 3.8) is 0 Å². The first kappa shape index (κ1) is 14.8. The van der Waals surface area contributed by atoms with Crippen molar-refractivity contribution < 1.29 is 4.42 Å². The van der Waals surface area contributed by atoms with Gasteiger partial charge in [-0.25, -0.2) is 0 Å². The zero-order chi connectivity index (χ0) is 12.3. The summed E-state index contributed by atoms with van der Waals surface area (Å²) in [5, 5.41) is 10.6. The highest BCUT2D eigenvalue weighted by atomic mass is 35.5. The fourth-order valence-electron chi connectivity index (χ4n) is 1.83. The Morgan fingerprint density at radius 3 is 2.72 bits per heavy atom. The lowest BCUT2D eigenvalue weighted by atomic mass is 9.89. The molecule has 0 radical (unpaired) electrons. The van der Waals surface area contributed by atoms with Crippen LogP contribution in [-0.2, 0) is 18.5 Å². The minimum atomic E-state index is 0. The van der Waals surface area contributed by atoms with Crippen LogP contribution in [0.25, 0.3) is 0 Å². The number of furan rings is 1. The third kappa shape index (κ3) is 3.62. The van der Waals surface area contributed by atoms with Gasteiger partial charge in [0.25, 0.3) is 0 Å². The number of hydrogen-bond donors (Lipinski definition) is 2. The summed E-state index contributed by atoms with van der Waals surface area (Å²) in [6, 6.07) is 1.97. The number of nitrogens with one attached hydrogen (secondary N) is 2. The molecule has 2 heterocycles. The lowest BCUT2D eigenvalue weighted by Gasteiger charge is -2.18. The van der Waals surface area contributed by atoms with Gasteiger partial charge in [0.2, 0.25) is 0 Å². The molecule has 100 valence electrons. The predicted molar refractivity (Wildman–Crippen MR) is 73.8 cm³/mol. The van der Waals surface area contributed by atoms with Gasteiger partial charge in [-0.3, -0.25) is 5.10 Å². The highest BCUT2D eigenvalue weighted by Crippen LogP contribution is 2.23. The SMILES string of the molecule is CC(C)(C)c1[nH]ncc1CNCc1ccoc1.Cl. The van der Waals surface area contributed by atoms with E-state index in [4.69, 9.17) is 4.42 Å². The molecule has 0 fully saturated rings. The first-order chi connectivity index (χ1) is 8.07. The van der Waals surface area contributed by atoms with E-state index >= 15 is 0 Å².